The Kier molecular flexibility index (Phi) is 3.38. The Morgan fingerprint density at radius 1 is 1.73 bits per heavy atom. The van der Waals surface area contributed by atoms with Crippen molar-refractivity contribution in [1.29, 1.82) is 0 Å². The van der Waals surface area contributed by atoms with E-state index in [1.807, 2.05) is 17.8 Å². The molecule has 0 spiro atoms. The molecule has 2 atom stereocenters. The van der Waals surface area contributed by atoms with Crippen LogP contribution < -0.4 is 0 Å². The molecule has 1 fully saturated rings. The van der Waals surface area contributed by atoms with E-state index in [0.717, 1.165) is 31.6 Å². The number of aromatic nitrogens is 2. The first-order valence-electron chi connectivity index (χ1n) is 5.59. The Labute approximate surface area is 89.9 Å². The molecule has 0 bridgehead atoms. The van der Waals surface area contributed by atoms with Crippen LogP contribution in [0, 0.1) is 5.92 Å². The fourth-order valence-corrected chi connectivity index (χ4v) is 1.99. The van der Waals surface area contributed by atoms with Crippen LogP contribution in [0.4, 0.5) is 0 Å². The molecular weight excluding hydrogens is 192 g/mol. The van der Waals surface area contributed by atoms with Gasteiger partial charge in [0.05, 0.1) is 18.9 Å². The van der Waals surface area contributed by atoms with Gasteiger partial charge in [-0.05, 0) is 19.8 Å². The lowest BCUT2D eigenvalue weighted by Crippen LogP contribution is -2.23. The topological polar surface area (TPSA) is 47.3 Å². The molecule has 1 aromatic rings. The van der Waals surface area contributed by atoms with Crippen LogP contribution in [-0.4, -0.2) is 28.1 Å². The van der Waals surface area contributed by atoms with Gasteiger partial charge in [0, 0.05) is 30.8 Å². The van der Waals surface area contributed by atoms with Gasteiger partial charge in [-0.1, -0.05) is 0 Å². The predicted molar refractivity (Wildman–Crippen MR) is 56.4 cm³/mol. The molecule has 15 heavy (non-hydrogen) atoms. The summed E-state index contributed by atoms with van der Waals surface area (Å²) in [7, 11) is 0. The lowest BCUT2D eigenvalue weighted by molar-refractivity contribution is -0.00999. The van der Waals surface area contributed by atoms with E-state index in [2.05, 4.69) is 5.10 Å². The number of aliphatic hydroxyl groups excluding tert-OH is 1. The van der Waals surface area contributed by atoms with Crippen molar-refractivity contribution in [2.75, 3.05) is 13.2 Å². The minimum Gasteiger partial charge on any atom is -0.388 e. The molecule has 4 heteroatoms. The smallest absolute Gasteiger partial charge is 0.0870 e. The van der Waals surface area contributed by atoms with E-state index in [9.17, 15) is 5.11 Å². The number of ether oxygens (including phenoxy) is 1. The monoisotopic (exact) mass is 210 g/mol. The third-order valence-corrected chi connectivity index (χ3v) is 2.96. The molecule has 84 valence electrons. The van der Waals surface area contributed by atoms with Gasteiger partial charge in [0.2, 0.25) is 0 Å². The highest BCUT2D eigenvalue weighted by molar-refractivity contribution is 5.09. The Hall–Kier alpha value is -0.870. The van der Waals surface area contributed by atoms with Crippen LogP contribution in [-0.2, 0) is 11.3 Å². The highest BCUT2D eigenvalue weighted by Gasteiger charge is 2.24. The van der Waals surface area contributed by atoms with Gasteiger partial charge in [0.25, 0.3) is 0 Å². The molecule has 4 nitrogen and oxygen atoms in total. The summed E-state index contributed by atoms with van der Waals surface area (Å²) in [5.41, 5.74) is 0.910. The van der Waals surface area contributed by atoms with E-state index < -0.39 is 6.10 Å². The number of nitrogens with zero attached hydrogens (tertiary/aromatic N) is 2. The molecule has 1 aromatic heterocycles. The molecule has 0 amide bonds. The zero-order valence-electron chi connectivity index (χ0n) is 9.09. The van der Waals surface area contributed by atoms with Crippen LogP contribution >= 0.6 is 0 Å². The van der Waals surface area contributed by atoms with Crippen LogP contribution in [0.1, 0.15) is 31.4 Å². The second-order valence-corrected chi connectivity index (χ2v) is 4.05. The van der Waals surface area contributed by atoms with Gasteiger partial charge in [0.1, 0.15) is 0 Å². The maximum Gasteiger partial charge on any atom is 0.0870 e. The summed E-state index contributed by atoms with van der Waals surface area (Å²) < 4.78 is 7.21. The molecule has 2 unspecified atom stereocenters. The van der Waals surface area contributed by atoms with Crippen molar-refractivity contribution in [3.8, 4) is 0 Å². The average molecular weight is 210 g/mol. The Morgan fingerprint density at radius 3 is 3.20 bits per heavy atom. The standard InChI is InChI=1S/C11H18N2O2/c1-2-13-7-10(6-12-13)11(14)9-4-3-5-15-8-9/h6-7,9,11,14H,2-5,8H2,1H3. The largest absolute Gasteiger partial charge is 0.388 e. The molecule has 2 heterocycles. The van der Waals surface area contributed by atoms with Gasteiger partial charge in [-0.15, -0.1) is 0 Å². The van der Waals surface area contributed by atoms with Crippen LogP contribution in [0.2, 0.25) is 0 Å². The molecule has 2 rings (SSSR count). The Bertz CT molecular complexity index is 305. The first-order chi connectivity index (χ1) is 7.31. The number of hydrogen-bond donors (Lipinski definition) is 1. The molecular formula is C11H18N2O2. The van der Waals surface area contributed by atoms with Crippen molar-refractivity contribution in [1.82, 2.24) is 9.78 Å². The molecule has 1 saturated heterocycles. The summed E-state index contributed by atoms with van der Waals surface area (Å²) in [6.07, 6.45) is 5.33. The zero-order valence-corrected chi connectivity index (χ0v) is 9.09. The predicted octanol–water partition coefficient (Wildman–Crippen LogP) is 1.36. The number of rotatable bonds is 3. The van der Waals surface area contributed by atoms with E-state index in [-0.39, 0.29) is 5.92 Å². The third kappa shape index (κ3) is 2.38. The SMILES string of the molecule is CCn1cc(C(O)C2CCCOC2)cn1. The summed E-state index contributed by atoms with van der Waals surface area (Å²) in [5.74, 6) is 0.230. The molecule has 1 aliphatic rings. The van der Waals surface area contributed by atoms with Crippen molar-refractivity contribution in [2.45, 2.75) is 32.4 Å². The van der Waals surface area contributed by atoms with Gasteiger partial charge in [-0.3, -0.25) is 4.68 Å². The number of hydrogen-bond acceptors (Lipinski definition) is 3. The molecule has 0 aromatic carbocycles. The maximum absolute atomic E-state index is 10.1. The third-order valence-electron chi connectivity index (χ3n) is 2.96. The fraction of sp³-hybridized carbons (Fsp3) is 0.727. The van der Waals surface area contributed by atoms with Gasteiger partial charge in [-0.2, -0.15) is 5.10 Å². The van der Waals surface area contributed by atoms with E-state index in [4.69, 9.17) is 4.74 Å². The van der Waals surface area contributed by atoms with E-state index in [1.54, 1.807) is 6.20 Å². The number of aliphatic hydroxyl groups is 1. The quantitative estimate of drug-likeness (QED) is 0.819. The maximum atomic E-state index is 10.1. The van der Waals surface area contributed by atoms with E-state index >= 15 is 0 Å². The summed E-state index contributed by atoms with van der Waals surface area (Å²) in [6, 6.07) is 0. The van der Waals surface area contributed by atoms with Gasteiger partial charge < -0.3 is 9.84 Å². The second kappa shape index (κ2) is 4.77. The Morgan fingerprint density at radius 2 is 2.60 bits per heavy atom. The molecule has 0 aliphatic carbocycles. The zero-order chi connectivity index (χ0) is 10.7. The van der Waals surface area contributed by atoms with Crippen molar-refractivity contribution in [2.24, 2.45) is 5.92 Å². The normalized spacial score (nSPS) is 24.0. The second-order valence-electron chi connectivity index (χ2n) is 4.05. The van der Waals surface area contributed by atoms with Crippen LogP contribution in [0.25, 0.3) is 0 Å². The first-order valence-corrected chi connectivity index (χ1v) is 5.59. The van der Waals surface area contributed by atoms with E-state index in [1.165, 1.54) is 0 Å². The minimum absolute atomic E-state index is 0.230. The minimum atomic E-state index is -0.425. The summed E-state index contributed by atoms with van der Waals surface area (Å²) in [6.45, 7) is 4.37. The van der Waals surface area contributed by atoms with Crippen molar-refractivity contribution < 1.29 is 9.84 Å². The lowest BCUT2D eigenvalue weighted by atomic mass is 9.93. The van der Waals surface area contributed by atoms with Crippen molar-refractivity contribution in [3.05, 3.63) is 18.0 Å². The fourth-order valence-electron chi connectivity index (χ4n) is 1.99. The highest BCUT2D eigenvalue weighted by atomic mass is 16.5. The average Bonchev–Trinajstić information content (AvgIpc) is 2.78. The lowest BCUT2D eigenvalue weighted by Gasteiger charge is -2.25. The van der Waals surface area contributed by atoms with Crippen molar-refractivity contribution in [3.63, 3.8) is 0 Å². The summed E-state index contributed by atoms with van der Waals surface area (Å²) in [5, 5.41) is 14.3. The first kappa shape index (κ1) is 10.6. The summed E-state index contributed by atoms with van der Waals surface area (Å²) in [4.78, 5) is 0. The molecule has 0 radical (unpaired) electrons. The summed E-state index contributed by atoms with van der Waals surface area (Å²) >= 11 is 0. The van der Waals surface area contributed by atoms with Gasteiger partial charge >= 0.3 is 0 Å². The van der Waals surface area contributed by atoms with Crippen LogP contribution in [0.5, 0.6) is 0 Å². The molecule has 1 aliphatic heterocycles. The van der Waals surface area contributed by atoms with Gasteiger partial charge in [0.15, 0.2) is 0 Å². The van der Waals surface area contributed by atoms with Crippen LogP contribution in [0.3, 0.4) is 0 Å². The molecule has 1 N–H and O–H groups in total. The number of aryl methyl sites for hydroxylation is 1. The van der Waals surface area contributed by atoms with Crippen molar-refractivity contribution >= 4 is 0 Å². The van der Waals surface area contributed by atoms with E-state index in [0.29, 0.717) is 6.61 Å². The Balaban J connectivity index is 2.02. The highest BCUT2D eigenvalue weighted by Crippen LogP contribution is 2.28. The van der Waals surface area contributed by atoms with Crippen LogP contribution in [0.15, 0.2) is 12.4 Å². The molecule has 0 saturated carbocycles. The van der Waals surface area contributed by atoms with Gasteiger partial charge in [-0.25, -0.2) is 0 Å².